The molecule has 3 atom stereocenters. The summed E-state index contributed by atoms with van der Waals surface area (Å²) in [6.45, 7) is 2.44. The van der Waals surface area contributed by atoms with E-state index in [1.54, 1.807) is 25.3 Å². The number of hydrogen-bond donors (Lipinski definition) is 2. The standard InChI is InChI=1S/C27H28N4O2S2/c1-17(28-2)25(32)29-23(19-13-15-34-16-19)27(33)31-14-7-11-21(31)26-30-24-20(10-6-12-22(24)35-26)18-8-4-3-5-9-18/h3-6,8-10,12-13,15-17,21,23,28H,7,11,14H2,1-2H3,(H,29,32)/t17-,21-,23-/m0/s1. The number of carbonyl (C=O) groups is 2. The second-order valence-electron chi connectivity index (χ2n) is 8.77. The minimum Gasteiger partial charge on any atom is -0.339 e. The molecule has 1 aliphatic rings. The normalized spacial score (nSPS) is 17.4. The van der Waals surface area contributed by atoms with Crippen LogP contribution in [-0.4, -0.2) is 41.3 Å². The van der Waals surface area contributed by atoms with Crippen LogP contribution in [0.5, 0.6) is 0 Å². The van der Waals surface area contributed by atoms with E-state index in [1.165, 1.54) is 11.3 Å². The SMILES string of the molecule is CN[C@@H](C)C(=O)N[C@H](C(=O)N1CCC[C@H]1c1nc2c(-c3ccccc3)cccc2s1)c1ccsc1. The molecule has 0 bridgehead atoms. The lowest BCUT2D eigenvalue weighted by Gasteiger charge is -2.28. The summed E-state index contributed by atoms with van der Waals surface area (Å²) in [6.07, 6.45) is 1.78. The highest BCUT2D eigenvalue weighted by atomic mass is 32.1. The van der Waals surface area contributed by atoms with Gasteiger partial charge in [0.25, 0.3) is 0 Å². The minimum absolute atomic E-state index is 0.0786. The van der Waals surface area contributed by atoms with Crippen molar-refractivity contribution in [3.05, 3.63) is 75.9 Å². The van der Waals surface area contributed by atoms with Crippen molar-refractivity contribution in [2.75, 3.05) is 13.6 Å². The Kier molecular flexibility index (Phi) is 6.95. The van der Waals surface area contributed by atoms with Crippen LogP contribution in [0.3, 0.4) is 0 Å². The van der Waals surface area contributed by atoms with Crippen LogP contribution in [0.15, 0.2) is 65.4 Å². The summed E-state index contributed by atoms with van der Waals surface area (Å²) in [5.74, 6) is -0.273. The zero-order valence-corrected chi connectivity index (χ0v) is 21.4. The monoisotopic (exact) mass is 504 g/mol. The smallest absolute Gasteiger partial charge is 0.250 e. The molecule has 2 N–H and O–H groups in total. The van der Waals surface area contributed by atoms with E-state index in [0.717, 1.165) is 44.8 Å². The van der Waals surface area contributed by atoms with Crippen molar-refractivity contribution in [1.29, 1.82) is 0 Å². The Labute approximate surface area is 213 Å². The van der Waals surface area contributed by atoms with Gasteiger partial charge in [-0.15, -0.1) is 11.3 Å². The second kappa shape index (κ2) is 10.3. The summed E-state index contributed by atoms with van der Waals surface area (Å²) in [6, 6.07) is 17.3. The highest BCUT2D eigenvalue weighted by molar-refractivity contribution is 7.18. The lowest BCUT2D eigenvalue weighted by molar-refractivity contribution is -0.137. The molecule has 3 heterocycles. The zero-order valence-electron chi connectivity index (χ0n) is 19.7. The molecule has 4 aromatic rings. The van der Waals surface area contributed by atoms with Crippen molar-refractivity contribution >= 4 is 44.7 Å². The summed E-state index contributed by atoms with van der Waals surface area (Å²) in [7, 11) is 1.74. The van der Waals surface area contributed by atoms with Gasteiger partial charge in [0.2, 0.25) is 11.8 Å². The Bertz CT molecular complexity index is 1320. The molecule has 180 valence electrons. The maximum absolute atomic E-state index is 13.8. The van der Waals surface area contributed by atoms with E-state index in [1.807, 2.05) is 39.9 Å². The van der Waals surface area contributed by atoms with E-state index in [-0.39, 0.29) is 23.9 Å². The number of thiazole rings is 1. The van der Waals surface area contributed by atoms with Gasteiger partial charge in [-0.2, -0.15) is 11.3 Å². The number of hydrogen-bond acceptors (Lipinski definition) is 6. The number of para-hydroxylation sites is 1. The first-order valence-corrected chi connectivity index (χ1v) is 13.6. The molecule has 1 aliphatic heterocycles. The quantitative estimate of drug-likeness (QED) is 0.365. The summed E-state index contributed by atoms with van der Waals surface area (Å²) in [5.41, 5.74) is 4.03. The average Bonchev–Trinajstić information content (AvgIpc) is 3.66. The molecular weight excluding hydrogens is 476 g/mol. The van der Waals surface area contributed by atoms with E-state index < -0.39 is 6.04 Å². The first-order valence-electron chi connectivity index (χ1n) is 11.8. The Morgan fingerprint density at radius 1 is 1.11 bits per heavy atom. The molecule has 0 saturated carbocycles. The third-order valence-electron chi connectivity index (χ3n) is 6.58. The van der Waals surface area contributed by atoms with Crippen molar-refractivity contribution < 1.29 is 9.59 Å². The second-order valence-corrected chi connectivity index (χ2v) is 10.6. The molecule has 2 aromatic heterocycles. The molecule has 35 heavy (non-hydrogen) atoms. The molecule has 0 radical (unpaired) electrons. The first-order chi connectivity index (χ1) is 17.1. The van der Waals surface area contributed by atoms with Crippen LogP contribution in [0.2, 0.25) is 0 Å². The summed E-state index contributed by atoms with van der Waals surface area (Å²) < 4.78 is 1.12. The third kappa shape index (κ3) is 4.74. The lowest BCUT2D eigenvalue weighted by atomic mass is 10.0. The lowest BCUT2D eigenvalue weighted by Crippen LogP contribution is -2.47. The van der Waals surface area contributed by atoms with Crippen LogP contribution in [0, 0.1) is 0 Å². The van der Waals surface area contributed by atoms with Gasteiger partial charge >= 0.3 is 0 Å². The van der Waals surface area contributed by atoms with Crippen LogP contribution < -0.4 is 10.6 Å². The largest absolute Gasteiger partial charge is 0.339 e. The Morgan fingerprint density at radius 3 is 2.69 bits per heavy atom. The number of carbonyl (C=O) groups excluding carboxylic acids is 2. The Hall–Kier alpha value is -3.07. The number of benzene rings is 2. The zero-order chi connectivity index (χ0) is 24.4. The molecule has 5 rings (SSSR count). The van der Waals surface area contributed by atoms with Crippen LogP contribution in [0.1, 0.15) is 42.4 Å². The molecular formula is C27H28N4O2S2. The van der Waals surface area contributed by atoms with Gasteiger partial charge in [-0.3, -0.25) is 9.59 Å². The molecule has 0 spiro atoms. The number of aromatic nitrogens is 1. The average molecular weight is 505 g/mol. The van der Waals surface area contributed by atoms with E-state index in [9.17, 15) is 9.59 Å². The van der Waals surface area contributed by atoms with E-state index in [4.69, 9.17) is 4.98 Å². The van der Waals surface area contributed by atoms with Gasteiger partial charge in [-0.05, 0) is 60.8 Å². The van der Waals surface area contributed by atoms with E-state index in [0.29, 0.717) is 6.54 Å². The summed E-state index contributed by atoms with van der Waals surface area (Å²) in [5, 5.41) is 10.7. The molecule has 2 aromatic carbocycles. The predicted octanol–water partition coefficient (Wildman–Crippen LogP) is 5.15. The van der Waals surface area contributed by atoms with Gasteiger partial charge in [0, 0.05) is 12.1 Å². The van der Waals surface area contributed by atoms with Crippen LogP contribution in [0.25, 0.3) is 21.3 Å². The van der Waals surface area contributed by atoms with E-state index >= 15 is 0 Å². The number of nitrogens with one attached hydrogen (secondary N) is 2. The van der Waals surface area contributed by atoms with Crippen LogP contribution in [-0.2, 0) is 9.59 Å². The van der Waals surface area contributed by atoms with Crippen molar-refractivity contribution in [1.82, 2.24) is 20.5 Å². The molecule has 8 heteroatoms. The molecule has 0 unspecified atom stereocenters. The fourth-order valence-electron chi connectivity index (χ4n) is 4.54. The van der Waals surface area contributed by atoms with Gasteiger partial charge in [-0.1, -0.05) is 42.5 Å². The minimum atomic E-state index is -0.709. The number of likely N-dealkylation sites (tertiary alicyclic amines) is 1. The molecule has 1 saturated heterocycles. The maximum atomic E-state index is 13.8. The fourth-order valence-corrected chi connectivity index (χ4v) is 6.37. The van der Waals surface area contributed by atoms with Crippen LogP contribution in [0.4, 0.5) is 0 Å². The highest BCUT2D eigenvalue weighted by Crippen LogP contribution is 2.40. The molecule has 0 aliphatic carbocycles. The highest BCUT2D eigenvalue weighted by Gasteiger charge is 2.37. The maximum Gasteiger partial charge on any atom is 0.250 e. The predicted molar refractivity (Wildman–Crippen MR) is 142 cm³/mol. The number of rotatable bonds is 7. The van der Waals surface area contributed by atoms with Gasteiger partial charge < -0.3 is 15.5 Å². The molecule has 2 amide bonds. The number of likely N-dealkylation sites (N-methyl/N-ethyl adjacent to an activating group) is 1. The van der Waals surface area contributed by atoms with Crippen molar-refractivity contribution in [2.45, 2.75) is 37.9 Å². The summed E-state index contributed by atoms with van der Waals surface area (Å²) >= 11 is 3.18. The van der Waals surface area contributed by atoms with Gasteiger partial charge in [-0.25, -0.2) is 4.98 Å². The number of fused-ring (bicyclic) bond motifs is 1. The van der Waals surface area contributed by atoms with E-state index in [2.05, 4.69) is 41.0 Å². The van der Waals surface area contributed by atoms with Crippen molar-refractivity contribution in [3.63, 3.8) is 0 Å². The Balaban J connectivity index is 1.46. The van der Waals surface area contributed by atoms with Crippen LogP contribution >= 0.6 is 22.7 Å². The number of amides is 2. The molecule has 1 fully saturated rings. The number of thiophene rings is 1. The van der Waals surface area contributed by atoms with Crippen molar-refractivity contribution in [2.24, 2.45) is 0 Å². The van der Waals surface area contributed by atoms with Gasteiger partial charge in [0.05, 0.1) is 22.3 Å². The topological polar surface area (TPSA) is 74.3 Å². The first kappa shape index (κ1) is 23.7. The fraction of sp³-hybridized carbons (Fsp3) is 0.296. The number of nitrogens with zero attached hydrogens (tertiary/aromatic N) is 2. The summed E-state index contributed by atoms with van der Waals surface area (Å²) in [4.78, 5) is 33.5. The van der Waals surface area contributed by atoms with Gasteiger partial charge in [0.1, 0.15) is 11.0 Å². The van der Waals surface area contributed by atoms with Gasteiger partial charge in [0.15, 0.2) is 0 Å². The van der Waals surface area contributed by atoms with Crippen molar-refractivity contribution in [3.8, 4) is 11.1 Å². The third-order valence-corrected chi connectivity index (χ3v) is 8.40. The molecule has 6 nitrogen and oxygen atoms in total. The Morgan fingerprint density at radius 2 is 1.94 bits per heavy atom.